The molecule has 0 aromatic rings. The molecule has 0 heterocycles. The molecule has 0 amide bonds. The molecule has 0 aromatic heterocycles. The van der Waals surface area contributed by atoms with E-state index >= 15 is 0 Å². The normalized spacial score (nSPS) is 8.25. The molecule has 0 unspecified atom stereocenters. The molecule has 0 rings (SSSR count). The van der Waals surface area contributed by atoms with Crippen LogP contribution in [0.5, 0.6) is 0 Å². The summed E-state index contributed by atoms with van der Waals surface area (Å²) in [5.41, 5.74) is 0. The van der Waals surface area contributed by atoms with Crippen LogP contribution in [0.3, 0.4) is 0 Å². The van der Waals surface area contributed by atoms with E-state index in [0.29, 0.717) is 0 Å². The summed E-state index contributed by atoms with van der Waals surface area (Å²) < 4.78 is 0. The molecule has 0 aromatic carbocycles. The standard InChI is InChI=1S/C4H10.3ClH.Sn.H/c1-3-4-2;;;;;/h3-4H2,1-2H3;3*1H;;/q;;;;+3;/p-3. The Hall–Kier alpha value is 1.67. The summed E-state index contributed by atoms with van der Waals surface area (Å²) in [4.78, 5) is 0. The Morgan fingerprint density at radius 3 is 1.12 bits per heavy atom. The van der Waals surface area contributed by atoms with Crippen molar-refractivity contribution in [2.75, 3.05) is 0 Å². The zero-order valence-electron chi connectivity index (χ0n) is 5.13. The van der Waals surface area contributed by atoms with Crippen LogP contribution in [0, 0.1) is 0 Å². The molecule has 0 aliphatic heterocycles. The van der Waals surface area contributed by atoms with Gasteiger partial charge in [-0.2, -0.15) is 0 Å². The molecule has 0 aliphatic rings. The molecule has 0 nitrogen and oxygen atoms in total. The van der Waals surface area contributed by atoms with Gasteiger partial charge in [0.05, 0.1) is 0 Å². The average molecular weight is 284 g/mol. The Morgan fingerprint density at radius 2 is 1.12 bits per heavy atom. The van der Waals surface area contributed by atoms with Crippen LogP contribution in [0.2, 0.25) is 0 Å². The summed E-state index contributed by atoms with van der Waals surface area (Å²) in [6.07, 6.45) is 2.64. The monoisotopic (exact) mass is 284 g/mol. The van der Waals surface area contributed by atoms with E-state index in [0.717, 1.165) is 0 Å². The Morgan fingerprint density at radius 1 is 1.00 bits per heavy atom. The van der Waals surface area contributed by atoms with Gasteiger partial charge >= 0.3 is 43.1 Å². The fraction of sp³-hybridized carbons (Fsp3) is 1.00. The van der Waals surface area contributed by atoms with Crippen LogP contribution in [0.4, 0.5) is 0 Å². The predicted molar refractivity (Wildman–Crippen MR) is 45.3 cm³/mol. The Bertz CT molecular complexity index is 27.7. The van der Waals surface area contributed by atoms with Crippen molar-refractivity contribution in [3.8, 4) is 0 Å². The van der Waals surface area contributed by atoms with Crippen molar-refractivity contribution in [1.29, 1.82) is 0 Å². The van der Waals surface area contributed by atoms with E-state index in [1.165, 1.54) is 12.8 Å². The number of rotatable bonds is 1. The van der Waals surface area contributed by atoms with Crippen LogP contribution >= 0.6 is 26.8 Å². The molecule has 0 aliphatic carbocycles. The summed E-state index contributed by atoms with van der Waals surface area (Å²) in [5.74, 6) is 0. The third-order valence-electron chi connectivity index (χ3n) is 0.500. The molecule has 0 bridgehead atoms. The summed E-state index contributed by atoms with van der Waals surface area (Å²) in [6, 6.07) is 0. The van der Waals surface area contributed by atoms with Crippen LogP contribution in [0.1, 0.15) is 26.7 Å². The molecule has 0 atom stereocenters. The van der Waals surface area contributed by atoms with Crippen LogP contribution in [-0.4, -0.2) is 16.4 Å². The fourth-order valence-corrected chi connectivity index (χ4v) is 0. The molecule has 52 valence electrons. The topological polar surface area (TPSA) is 0 Å². The van der Waals surface area contributed by atoms with Gasteiger partial charge in [0, 0.05) is 0 Å². The third kappa shape index (κ3) is 47.9. The number of hydrogen-bond donors (Lipinski definition) is 0. The van der Waals surface area contributed by atoms with Crippen molar-refractivity contribution in [3.05, 3.63) is 0 Å². The average Bonchev–Trinajstić information content (AvgIpc) is 1.65. The van der Waals surface area contributed by atoms with Gasteiger partial charge < -0.3 is 0 Å². The van der Waals surface area contributed by atoms with E-state index in [2.05, 4.69) is 13.8 Å². The summed E-state index contributed by atoms with van der Waals surface area (Å²) in [6.45, 7) is 4.36. The SMILES string of the molecule is CCCC.[Cl][SnH]([Cl])[Cl]. The summed E-state index contributed by atoms with van der Waals surface area (Å²) in [7, 11) is 15.0. The quantitative estimate of drug-likeness (QED) is 0.649. The molecule has 0 saturated carbocycles. The third-order valence-corrected chi connectivity index (χ3v) is 0.500. The predicted octanol–water partition coefficient (Wildman–Crippen LogP) is 3.23. The van der Waals surface area contributed by atoms with Crippen molar-refractivity contribution in [2.45, 2.75) is 26.7 Å². The van der Waals surface area contributed by atoms with Gasteiger partial charge in [0.1, 0.15) is 0 Å². The molecule has 0 spiro atoms. The molecule has 0 saturated heterocycles. The fourth-order valence-electron chi connectivity index (χ4n) is 0. The second kappa shape index (κ2) is 11.5. The van der Waals surface area contributed by atoms with Crippen molar-refractivity contribution < 1.29 is 0 Å². The maximum atomic E-state index is 5.02. The zero-order chi connectivity index (χ0) is 6.99. The molecule has 8 heavy (non-hydrogen) atoms. The summed E-state index contributed by atoms with van der Waals surface area (Å²) in [5, 5.41) is 0. The van der Waals surface area contributed by atoms with Gasteiger partial charge in [0.15, 0.2) is 0 Å². The minimum atomic E-state index is -2.22. The Balaban J connectivity index is 0. The molecule has 0 N–H and O–H groups in total. The first-order valence-corrected chi connectivity index (χ1v) is 15.1. The van der Waals surface area contributed by atoms with E-state index < -0.39 is 16.4 Å². The Labute approximate surface area is 69.4 Å². The van der Waals surface area contributed by atoms with E-state index in [-0.39, 0.29) is 0 Å². The van der Waals surface area contributed by atoms with Gasteiger partial charge in [-0.1, -0.05) is 26.7 Å². The van der Waals surface area contributed by atoms with E-state index in [1.807, 2.05) is 0 Å². The molecule has 4 heteroatoms. The van der Waals surface area contributed by atoms with Gasteiger partial charge in [0.25, 0.3) is 0 Å². The first kappa shape index (κ1) is 12.4. The van der Waals surface area contributed by atoms with Crippen LogP contribution in [0.15, 0.2) is 0 Å². The summed E-state index contributed by atoms with van der Waals surface area (Å²) >= 11 is -2.22. The van der Waals surface area contributed by atoms with Gasteiger partial charge in [-0.15, -0.1) is 0 Å². The van der Waals surface area contributed by atoms with Crippen LogP contribution in [0.25, 0.3) is 0 Å². The number of unbranched alkanes of at least 4 members (excludes halogenated alkanes) is 1. The van der Waals surface area contributed by atoms with Crippen LogP contribution in [-0.2, 0) is 0 Å². The minimum absolute atomic E-state index is 1.32. The molecular formula is C4H11Cl3Sn. The molecule has 0 fully saturated rings. The number of hydrogen-bond acceptors (Lipinski definition) is 0. The van der Waals surface area contributed by atoms with E-state index in [4.69, 9.17) is 26.8 Å². The van der Waals surface area contributed by atoms with Gasteiger partial charge in [-0.3, -0.25) is 0 Å². The zero-order valence-corrected chi connectivity index (χ0v) is 10.7. The Kier molecular flexibility index (Phi) is 17.7. The van der Waals surface area contributed by atoms with Gasteiger partial charge in [-0.05, 0) is 0 Å². The van der Waals surface area contributed by atoms with Crippen molar-refractivity contribution in [1.82, 2.24) is 0 Å². The van der Waals surface area contributed by atoms with Gasteiger partial charge in [0.2, 0.25) is 0 Å². The van der Waals surface area contributed by atoms with E-state index in [1.54, 1.807) is 0 Å². The molecule has 0 radical (unpaired) electrons. The molecular weight excluding hydrogens is 273 g/mol. The second-order valence-corrected chi connectivity index (χ2v) is 15.9. The van der Waals surface area contributed by atoms with Gasteiger partial charge in [-0.25, -0.2) is 0 Å². The maximum absolute atomic E-state index is 5.02. The van der Waals surface area contributed by atoms with E-state index in [9.17, 15) is 0 Å². The van der Waals surface area contributed by atoms with Crippen LogP contribution < -0.4 is 0 Å². The number of halogens is 3. The van der Waals surface area contributed by atoms with Crippen molar-refractivity contribution in [2.24, 2.45) is 0 Å². The van der Waals surface area contributed by atoms with Crippen molar-refractivity contribution >= 4 is 43.1 Å². The first-order chi connectivity index (χ1) is 3.65. The first-order valence-electron chi connectivity index (χ1n) is 2.57. The van der Waals surface area contributed by atoms with Crippen molar-refractivity contribution in [3.63, 3.8) is 0 Å². The second-order valence-electron chi connectivity index (χ2n) is 1.25.